The Balaban J connectivity index is 2.01. The van der Waals surface area contributed by atoms with Crippen LogP contribution in [0.1, 0.15) is 31.0 Å². The molecule has 1 aliphatic rings. The number of aromatic nitrogens is 2. The molecule has 0 aromatic carbocycles. The topological polar surface area (TPSA) is 47.4 Å². The Morgan fingerprint density at radius 1 is 1.55 bits per heavy atom. The first-order valence-corrected chi connectivity index (χ1v) is 7.47. The monoisotopic (exact) mass is 299 g/mol. The number of aryl methyl sites for hydroxylation is 2. The average molecular weight is 300 g/mol. The van der Waals surface area contributed by atoms with E-state index in [0.717, 1.165) is 43.7 Å². The van der Waals surface area contributed by atoms with Crippen LogP contribution in [0.2, 0.25) is 5.15 Å². The summed E-state index contributed by atoms with van der Waals surface area (Å²) in [6, 6.07) is 0. The Morgan fingerprint density at radius 3 is 2.90 bits per heavy atom. The lowest BCUT2D eigenvalue weighted by molar-refractivity contribution is -0.150. The molecule has 1 aromatic rings. The summed E-state index contributed by atoms with van der Waals surface area (Å²) < 4.78 is 6.82. The summed E-state index contributed by atoms with van der Waals surface area (Å²) in [7, 11) is 1.84. The Bertz CT molecular complexity index is 487. The molecule has 1 saturated heterocycles. The lowest BCUT2D eigenvalue weighted by atomic mass is 9.98. The minimum Gasteiger partial charge on any atom is -0.466 e. The quantitative estimate of drug-likeness (QED) is 0.799. The van der Waals surface area contributed by atoms with Crippen LogP contribution in [0, 0.1) is 12.8 Å². The molecule has 1 aromatic heterocycles. The normalized spacial score (nSPS) is 20.1. The fraction of sp³-hybridized carbons (Fsp3) is 0.714. The molecule has 6 heteroatoms. The van der Waals surface area contributed by atoms with Gasteiger partial charge >= 0.3 is 5.97 Å². The number of nitrogens with zero attached hydrogens (tertiary/aromatic N) is 3. The Kier molecular flexibility index (Phi) is 5.05. The van der Waals surface area contributed by atoms with Crippen molar-refractivity contribution in [3.05, 3.63) is 16.4 Å². The zero-order valence-electron chi connectivity index (χ0n) is 12.4. The standard InChI is InChI=1S/C14H22ClN3O2/c1-4-20-14(19)11-6-5-7-18(8-11)9-12-10(2)16-17(3)13(12)15/h11H,4-9H2,1-3H3/t11-/m1/s1. The van der Waals surface area contributed by atoms with E-state index in [2.05, 4.69) is 10.00 Å². The third kappa shape index (κ3) is 3.33. The summed E-state index contributed by atoms with van der Waals surface area (Å²) in [6.07, 6.45) is 1.93. The zero-order valence-corrected chi connectivity index (χ0v) is 13.1. The van der Waals surface area contributed by atoms with E-state index < -0.39 is 0 Å². The van der Waals surface area contributed by atoms with Crippen molar-refractivity contribution in [3.63, 3.8) is 0 Å². The first-order valence-electron chi connectivity index (χ1n) is 7.09. The van der Waals surface area contributed by atoms with Crippen LogP contribution in [-0.2, 0) is 23.1 Å². The lowest BCUT2D eigenvalue weighted by Crippen LogP contribution is -2.39. The Labute approximate surface area is 124 Å². The number of hydrogen-bond acceptors (Lipinski definition) is 4. The molecule has 0 amide bonds. The molecule has 0 spiro atoms. The van der Waals surface area contributed by atoms with Crippen molar-refractivity contribution < 1.29 is 9.53 Å². The highest BCUT2D eigenvalue weighted by Crippen LogP contribution is 2.24. The summed E-state index contributed by atoms with van der Waals surface area (Å²) in [5.41, 5.74) is 2.01. The molecular formula is C14H22ClN3O2. The average Bonchev–Trinajstić information content (AvgIpc) is 2.66. The molecule has 20 heavy (non-hydrogen) atoms. The maximum atomic E-state index is 11.8. The van der Waals surface area contributed by atoms with Gasteiger partial charge in [0.25, 0.3) is 0 Å². The molecule has 1 aliphatic heterocycles. The Hall–Kier alpha value is -1.07. The van der Waals surface area contributed by atoms with E-state index in [-0.39, 0.29) is 11.9 Å². The number of halogens is 1. The summed E-state index contributed by atoms with van der Waals surface area (Å²) in [5.74, 6) is -0.0920. The molecule has 0 saturated carbocycles. The zero-order chi connectivity index (χ0) is 14.7. The number of carbonyl (C=O) groups is 1. The third-order valence-corrected chi connectivity index (χ3v) is 4.25. The van der Waals surface area contributed by atoms with Crippen molar-refractivity contribution in [2.45, 2.75) is 33.2 Å². The van der Waals surface area contributed by atoms with Gasteiger partial charge in [0.05, 0.1) is 18.2 Å². The van der Waals surface area contributed by atoms with Crippen molar-refractivity contribution in [3.8, 4) is 0 Å². The van der Waals surface area contributed by atoms with Gasteiger partial charge in [0.2, 0.25) is 0 Å². The molecule has 2 rings (SSSR count). The number of esters is 1. The highest BCUT2D eigenvalue weighted by atomic mass is 35.5. The van der Waals surface area contributed by atoms with E-state index in [1.807, 2.05) is 20.9 Å². The molecule has 0 radical (unpaired) electrons. The second-order valence-corrected chi connectivity index (χ2v) is 5.66. The number of hydrogen-bond donors (Lipinski definition) is 0. The number of likely N-dealkylation sites (tertiary alicyclic amines) is 1. The molecule has 112 valence electrons. The van der Waals surface area contributed by atoms with E-state index in [9.17, 15) is 4.79 Å². The van der Waals surface area contributed by atoms with E-state index in [1.54, 1.807) is 4.68 Å². The van der Waals surface area contributed by atoms with Crippen LogP contribution in [0.25, 0.3) is 0 Å². The van der Waals surface area contributed by atoms with E-state index in [0.29, 0.717) is 11.8 Å². The molecule has 0 unspecified atom stereocenters. The van der Waals surface area contributed by atoms with Gasteiger partial charge in [0.15, 0.2) is 0 Å². The van der Waals surface area contributed by atoms with Gasteiger partial charge in [-0.2, -0.15) is 5.10 Å². The second-order valence-electron chi connectivity index (χ2n) is 5.30. The largest absolute Gasteiger partial charge is 0.466 e. The lowest BCUT2D eigenvalue weighted by Gasteiger charge is -2.31. The fourth-order valence-electron chi connectivity index (χ4n) is 2.73. The molecule has 1 atom stereocenters. The predicted octanol–water partition coefficient (Wildman–Crippen LogP) is 2.16. The van der Waals surface area contributed by atoms with E-state index in [4.69, 9.17) is 16.3 Å². The van der Waals surface area contributed by atoms with Gasteiger partial charge in [-0.1, -0.05) is 11.6 Å². The molecule has 0 bridgehead atoms. The molecular weight excluding hydrogens is 278 g/mol. The highest BCUT2D eigenvalue weighted by Gasteiger charge is 2.27. The van der Waals surface area contributed by atoms with E-state index >= 15 is 0 Å². The molecule has 0 aliphatic carbocycles. The van der Waals surface area contributed by atoms with Crippen molar-refractivity contribution in [2.24, 2.45) is 13.0 Å². The number of rotatable bonds is 4. The maximum absolute atomic E-state index is 11.8. The number of piperidine rings is 1. The number of carbonyl (C=O) groups excluding carboxylic acids is 1. The summed E-state index contributed by atoms with van der Waals surface area (Å²) in [6.45, 7) is 6.73. The summed E-state index contributed by atoms with van der Waals surface area (Å²) in [5, 5.41) is 5.01. The molecule has 0 N–H and O–H groups in total. The van der Waals surface area contributed by atoms with Gasteiger partial charge in [-0.25, -0.2) is 0 Å². The second kappa shape index (κ2) is 6.59. The minimum absolute atomic E-state index is 0.0144. The van der Waals surface area contributed by atoms with Crippen molar-refractivity contribution in [1.29, 1.82) is 0 Å². The Morgan fingerprint density at radius 2 is 2.30 bits per heavy atom. The van der Waals surface area contributed by atoms with Crippen molar-refractivity contribution in [2.75, 3.05) is 19.7 Å². The molecule has 2 heterocycles. The van der Waals surface area contributed by atoms with Crippen LogP contribution in [-0.4, -0.2) is 40.3 Å². The summed E-state index contributed by atoms with van der Waals surface area (Å²) >= 11 is 6.26. The first-order chi connectivity index (χ1) is 9.52. The van der Waals surface area contributed by atoms with E-state index in [1.165, 1.54) is 0 Å². The SMILES string of the molecule is CCOC(=O)[C@@H]1CCCN(Cc2c(C)nn(C)c2Cl)C1. The van der Waals surface area contributed by atoms with Gasteiger partial charge in [-0.05, 0) is 33.2 Å². The smallest absolute Gasteiger partial charge is 0.310 e. The van der Waals surface area contributed by atoms with Gasteiger partial charge < -0.3 is 4.74 Å². The fourth-order valence-corrected chi connectivity index (χ4v) is 2.96. The van der Waals surface area contributed by atoms with Gasteiger partial charge in [0.1, 0.15) is 5.15 Å². The van der Waals surface area contributed by atoms with Crippen molar-refractivity contribution in [1.82, 2.24) is 14.7 Å². The third-order valence-electron chi connectivity index (χ3n) is 3.78. The van der Waals surface area contributed by atoms with Crippen LogP contribution < -0.4 is 0 Å². The molecule has 1 fully saturated rings. The van der Waals surface area contributed by atoms with Crippen LogP contribution in [0.4, 0.5) is 0 Å². The minimum atomic E-state index is -0.0776. The van der Waals surface area contributed by atoms with Gasteiger partial charge in [-0.3, -0.25) is 14.4 Å². The van der Waals surface area contributed by atoms with Crippen molar-refractivity contribution >= 4 is 17.6 Å². The van der Waals surface area contributed by atoms with Gasteiger partial charge in [0, 0.05) is 25.7 Å². The maximum Gasteiger partial charge on any atom is 0.310 e. The first kappa shape index (κ1) is 15.3. The highest BCUT2D eigenvalue weighted by molar-refractivity contribution is 6.30. The summed E-state index contributed by atoms with van der Waals surface area (Å²) in [4.78, 5) is 14.1. The molecule has 5 nitrogen and oxygen atoms in total. The van der Waals surface area contributed by atoms with Crippen LogP contribution in [0.15, 0.2) is 0 Å². The van der Waals surface area contributed by atoms with Gasteiger partial charge in [-0.15, -0.1) is 0 Å². The predicted molar refractivity (Wildman–Crippen MR) is 77.6 cm³/mol. The van der Waals surface area contributed by atoms with Crippen LogP contribution in [0.5, 0.6) is 0 Å². The number of ether oxygens (including phenoxy) is 1. The van der Waals surface area contributed by atoms with Crippen LogP contribution in [0.3, 0.4) is 0 Å². The van der Waals surface area contributed by atoms with Crippen LogP contribution >= 0.6 is 11.6 Å².